The summed E-state index contributed by atoms with van der Waals surface area (Å²) < 4.78 is 0. The number of hydrogen-bond acceptors (Lipinski definition) is 2. The van der Waals surface area contributed by atoms with Crippen LogP contribution in [0.25, 0.3) is 0 Å². The predicted molar refractivity (Wildman–Crippen MR) is 36.5 cm³/mol. The van der Waals surface area contributed by atoms with Crippen molar-refractivity contribution in [1.29, 1.82) is 0 Å². The summed E-state index contributed by atoms with van der Waals surface area (Å²) in [5, 5.41) is 0. The Hall–Kier alpha value is -0.860. The van der Waals surface area contributed by atoms with Gasteiger partial charge >= 0.3 is 0 Å². The molecule has 1 amide bonds. The van der Waals surface area contributed by atoms with Crippen molar-refractivity contribution in [1.82, 2.24) is 4.90 Å². The predicted octanol–water partition coefficient (Wildman–Crippen LogP) is 0.198. The zero-order valence-electron chi connectivity index (χ0n) is 5.88. The Morgan fingerprint density at radius 3 is 2.90 bits per heavy atom. The Bertz CT molecular complexity index is 145. The Labute approximate surface area is 60.0 Å². The van der Waals surface area contributed by atoms with Crippen LogP contribution in [0, 0.1) is 0 Å². The van der Waals surface area contributed by atoms with Gasteiger partial charge in [-0.05, 0) is 12.8 Å². The highest BCUT2D eigenvalue weighted by atomic mass is 16.2. The maximum atomic E-state index is 11.0. The van der Waals surface area contributed by atoms with Gasteiger partial charge in [-0.25, -0.2) is 0 Å². The second kappa shape index (κ2) is 3.34. The molecule has 0 aromatic heterocycles. The molecule has 3 nitrogen and oxygen atoms in total. The van der Waals surface area contributed by atoms with Gasteiger partial charge in [-0.2, -0.15) is 0 Å². The monoisotopic (exact) mass is 141 g/mol. The standard InChI is InChI=1S/C7H11NO2/c9-6-5-8-4-2-1-3-7(8)10/h6H,1-5H2. The highest BCUT2D eigenvalue weighted by molar-refractivity contribution is 5.79. The first kappa shape index (κ1) is 7.25. The largest absolute Gasteiger partial charge is 0.336 e. The average Bonchev–Trinajstić information content (AvgIpc) is 1.94. The summed E-state index contributed by atoms with van der Waals surface area (Å²) in [6.45, 7) is 1.04. The summed E-state index contributed by atoms with van der Waals surface area (Å²) in [6, 6.07) is 0. The summed E-state index contributed by atoms with van der Waals surface area (Å²) >= 11 is 0. The van der Waals surface area contributed by atoms with Crippen LogP contribution in [0.4, 0.5) is 0 Å². The van der Waals surface area contributed by atoms with Crippen molar-refractivity contribution >= 4 is 12.2 Å². The van der Waals surface area contributed by atoms with E-state index in [4.69, 9.17) is 0 Å². The minimum absolute atomic E-state index is 0.123. The third-order valence-electron chi connectivity index (χ3n) is 1.72. The highest BCUT2D eigenvalue weighted by Gasteiger charge is 2.16. The second-order valence-corrected chi connectivity index (χ2v) is 2.46. The lowest BCUT2D eigenvalue weighted by atomic mass is 10.1. The van der Waals surface area contributed by atoms with Crippen LogP contribution in [0.15, 0.2) is 0 Å². The van der Waals surface area contributed by atoms with E-state index < -0.39 is 0 Å². The van der Waals surface area contributed by atoms with E-state index in [2.05, 4.69) is 0 Å². The van der Waals surface area contributed by atoms with Crippen molar-refractivity contribution in [3.8, 4) is 0 Å². The summed E-state index contributed by atoms with van der Waals surface area (Å²) in [4.78, 5) is 22.6. The summed E-state index contributed by atoms with van der Waals surface area (Å²) in [5.41, 5.74) is 0. The van der Waals surface area contributed by atoms with Crippen LogP contribution in [0.1, 0.15) is 19.3 Å². The SMILES string of the molecule is O=CCN1CCCCC1=O. The fourth-order valence-corrected chi connectivity index (χ4v) is 1.14. The molecular formula is C7H11NO2. The smallest absolute Gasteiger partial charge is 0.222 e. The molecule has 1 aliphatic heterocycles. The van der Waals surface area contributed by atoms with Crippen molar-refractivity contribution in [3.05, 3.63) is 0 Å². The average molecular weight is 141 g/mol. The molecule has 0 aromatic rings. The third kappa shape index (κ3) is 1.56. The van der Waals surface area contributed by atoms with Crippen LogP contribution in [-0.4, -0.2) is 30.2 Å². The lowest BCUT2D eigenvalue weighted by molar-refractivity contribution is -0.135. The maximum absolute atomic E-state index is 11.0. The minimum Gasteiger partial charge on any atom is -0.336 e. The van der Waals surface area contributed by atoms with Gasteiger partial charge in [0.15, 0.2) is 0 Å². The zero-order chi connectivity index (χ0) is 7.40. The van der Waals surface area contributed by atoms with Crippen molar-refractivity contribution in [2.75, 3.05) is 13.1 Å². The maximum Gasteiger partial charge on any atom is 0.222 e. The topological polar surface area (TPSA) is 37.4 Å². The van der Waals surface area contributed by atoms with Crippen molar-refractivity contribution in [2.45, 2.75) is 19.3 Å². The first-order chi connectivity index (χ1) is 4.84. The molecule has 0 unspecified atom stereocenters. The molecule has 0 bridgehead atoms. The van der Waals surface area contributed by atoms with Crippen LogP contribution in [-0.2, 0) is 9.59 Å². The van der Waals surface area contributed by atoms with Gasteiger partial charge in [-0.15, -0.1) is 0 Å². The normalized spacial score (nSPS) is 19.2. The van der Waals surface area contributed by atoms with Crippen molar-refractivity contribution in [2.24, 2.45) is 0 Å². The van der Waals surface area contributed by atoms with Crippen LogP contribution >= 0.6 is 0 Å². The van der Waals surface area contributed by atoms with Gasteiger partial charge < -0.3 is 9.69 Å². The number of carbonyl (C=O) groups is 2. The Morgan fingerprint density at radius 2 is 2.30 bits per heavy atom. The minimum atomic E-state index is 0.123. The number of amides is 1. The molecule has 1 saturated heterocycles. The van der Waals surface area contributed by atoms with Gasteiger partial charge in [-0.1, -0.05) is 0 Å². The molecule has 0 aromatic carbocycles. The molecule has 1 aliphatic rings. The first-order valence-corrected chi connectivity index (χ1v) is 3.56. The van der Waals surface area contributed by atoms with Gasteiger partial charge in [-0.3, -0.25) is 4.79 Å². The van der Waals surface area contributed by atoms with Gasteiger partial charge in [0.2, 0.25) is 5.91 Å². The molecule has 0 saturated carbocycles. The number of nitrogens with zero attached hydrogens (tertiary/aromatic N) is 1. The summed E-state index contributed by atoms with van der Waals surface area (Å²) in [7, 11) is 0. The van der Waals surface area contributed by atoms with Crippen LogP contribution in [0.2, 0.25) is 0 Å². The Kier molecular flexibility index (Phi) is 2.42. The van der Waals surface area contributed by atoms with E-state index in [-0.39, 0.29) is 12.5 Å². The van der Waals surface area contributed by atoms with E-state index in [9.17, 15) is 9.59 Å². The van der Waals surface area contributed by atoms with Crippen LogP contribution in [0.3, 0.4) is 0 Å². The molecule has 1 heterocycles. The molecule has 10 heavy (non-hydrogen) atoms. The van der Waals surface area contributed by atoms with Gasteiger partial charge in [0.1, 0.15) is 6.29 Å². The molecular weight excluding hydrogens is 130 g/mol. The lowest BCUT2D eigenvalue weighted by Crippen LogP contribution is -2.36. The molecule has 3 heteroatoms. The van der Waals surface area contributed by atoms with Crippen LogP contribution in [0.5, 0.6) is 0 Å². The van der Waals surface area contributed by atoms with Gasteiger partial charge in [0.25, 0.3) is 0 Å². The first-order valence-electron chi connectivity index (χ1n) is 3.56. The third-order valence-corrected chi connectivity index (χ3v) is 1.72. The van der Waals surface area contributed by atoms with Gasteiger partial charge in [0.05, 0.1) is 6.54 Å². The molecule has 1 rings (SSSR count). The number of aldehydes is 1. The molecule has 0 aliphatic carbocycles. The number of piperidine rings is 1. The Balaban J connectivity index is 2.39. The number of carbonyl (C=O) groups excluding carboxylic acids is 2. The highest BCUT2D eigenvalue weighted by Crippen LogP contribution is 2.08. The fourth-order valence-electron chi connectivity index (χ4n) is 1.14. The van der Waals surface area contributed by atoms with Crippen LogP contribution < -0.4 is 0 Å². The van der Waals surface area contributed by atoms with Crippen molar-refractivity contribution < 1.29 is 9.59 Å². The van der Waals surface area contributed by atoms with E-state index in [0.717, 1.165) is 25.7 Å². The zero-order valence-corrected chi connectivity index (χ0v) is 5.88. The van der Waals surface area contributed by atoms with E-state index in [1.807, 2.05) is 0 Å². The number of hydrogen-bond donors (Lipinski definition) is 0. The molecule has 0 atom stereocenters. The molecule has 0 spiro atoms. The van der Waals surface area contributed by atoms with E-state index in [1.54, 1.807) is 4.90 Å². The van der Waals surface area contributed by atoms with Crippen molar-refractivity contribution in [3.63, 3.8) is 0 Å². The van der Waals surface area contributed by atoms with E-state index >= 15 is 0 Å². The van der Waals surface area contributed by atoms with E-state index in [1.165, 1.54) is 0 Å². The lowest BCUT2D eigenvalue weighted by Gasteiger charge is -2.24. The molecule has 0 N–H and O–H groups in total. The summed E-state index contributed by atoms with van der Waals surface area (Å²) in [5.74, 6) is 0.123. The second-order valence-electron chi connectivity index (χ2n) is 2.46. The molecule has 56 valence electrons. The number of rotatable bonds is 2. The van der Waals surface area contributed by atoms with Gasteiger partial charge in [0, 0.05) is 13.0 Å². The fraction of sp³-hybridized carbons (Fsp3) is 0.714. The number of likely N-dealkylation sites (tertiary alicyclic amines) is 1. The quantitative estimate of drug-likeness (QED) is 0.515. The van der Waals surface area contributed by atoms with E-state index in [0.29, 0.717) is 6.42 Å². The summed E-state index contributed by atoms with van der Waals surface area (Å²) in [6.07, 6.45) is 3.42. The Morgan fingerprint density at radius 1 is 1.50 bits per heavy atom. The molecule has 1 fully saturated rings. The molecule has 0 radical (unpaired) electrons.